The highest BCUT2D eigenvalue weighted by molar-refractivity contribution is 6.05. The van der Waals surface area contributed by atoms with Gasteiger partial charge in [0.2, 0.25) is 0 Å². The fourth-order valence-electron chi connectivity index (χ4n) is 2.19. The number of hydrogen-bond donors (Lipinski definition) is 3. The van der Waals surface area contributed by atoms with Gasteiger partial charge in [0.25, 0.3) is 11.8 Å². The van der Waals surface area contributed by atoms with Crippen molar-refractivity contribution in [2.24, 2.45) is 0 Å². The van der Waals surface area contributed by atoms with Gasteiger partial charge in [-0.2, -0.15) is 0 Å². The summed E-state index contributed by atoms with van der Waals surface area (Å²) < 4.78 is 5.07. The molecule has 0 unspecified atom stereocenters. The molecule has 0 aliphatic rings. The third kappa shape index (κ3) is 5.75. The monoisotopic (exact) mass is 354 g/mol. The molecule has 0 aliphatic carbocycles. The van der Waals surface area contributed by atoms with E-state index in [9.17, 15) is 9.59 Å². The first-order valence-corrected chi connectivity index (χ1v) is 8.25. The number of methoxy groups -OCH3 is 1. The average molecular weight is 354 g/mol. The van der Waals surface area contributed by atoms with Crippen LogP contribution in [0.1, 0.15) is 22.3 Å². The van der Waals surface area contributed by atoms with E-state index in [1.165, 1.54) is 0 Å². The van der Waals surface area contributed by atoms with Crippen LogP contribution in [-0.4, -0.2) is 37.2 Å². The molecular weight excluding hydrogens is 332 g/mol. The van der Waals surface area contributed by atoms with Gasteiger partial charge in [0.05, 0.1) is 7.11 Å². The Morgan fingerprint density at radius 3 is 2.38 bits per heavy atom. The van der Waals surface area contributed by atoms with E-state index in [0.29, 0.717) is 24.3 Å². The van der Waals surface area contributed by atoms with Crippen LogP contribution in [0.15, 0.2) is 60.3 Å². The zero-order valence-corrected chi connectivity index (χ0v) is 14.6. The molecule has 0 saturated heterocycles. The normalized spacial score (nSPS) is 10.9. The molecule has 6 heteroatoms. The van der Waals surface area contributed by atoms with Crippen molar-refractivity contribution < 1.29 is 19.4 Å². The van der Waals surface area contributed by atoms with Gasteiger partial charge in [-0.3, -0.25) is 9.59 Å². The number of nitrogens with one attached hydrogen (secondary N) is 2. The standard InChI is InChI=1S/C20H22N2O4/c1-26-17-10-8-16(9-11-17)19(24)22-18(20(25)21-12-5-13-23)14-15-6-3-2-4-7-15/h2-4,6-11,14,23H,5,12-13H2,1H3,(H,21,25)(H,22,24)/b18-14-. The SMILES string of the molecule is COc1ccc(C(=O)N/C(=C\c2ccccc2)C(=O)NCCCO)cc1. The van der Waals surface area contributed by atoms with Crippen molar-refractivity contribution >= 4 is 17.9 Å². The van der Waals surface area contributed by atoms with Crippen LogP contribution in [0.5, 0.6) is 5.75 Å². The minimum absolute atomic E-state index is 0.0176. The molecule has 2 aromatic rings. The molecule has 0 heterocycles. The number of carbonyl (C=O) groups is 2. The first kappa shape index (κ1) is 19.2. The lowest BCUT2D eigenvalue weighted by Gasteiger charge is -2.11. The van der Waals surface area contributed by atoms with Crippen molar-refractivity contribution in [2.75, 3.05) is 20.3 Å². The fourth-order valence-corrected chi connectivity index (χ4v) is 2.19. The van der Waals surface area contributed by atoms with E-state index in [-0.39, 0.29) is 12.3 Å². The maximum Gasteiger partial charge on any atom is 0.267 e. The lowest BCUT2D eigenvalue weighted by molar-refractivity contribution is -0.117. The molecule has 0 atom stereocenters. The summed E-state index contributed by atoms with van der Waals surface area (Å²) in [6, 6.07) is 15.8. The van der Waals surface area contributed by atoms with E-state index in [2.05, 4.69) is 10.6 Å². The summed E-state index contributed by atoms with van der Waals surface area (Å²) >= 11 is 0. The average Bonchev–Trinajstić information content (AvgIpc) is 2.68. The smallest absolute Gasteiger partial charge is 0.267 e. The van der Waals surface area contributed by atoms with Crippen LogP contribution in [0.3, 0.4) is 0 Å². The van der Waals surface area contributed by atoms with E-state index in [1.807, 2.05) is 30.3 Å². The Bertz CT molecular complexity index is 755. The lowest BCUT2D eigenvalue weighted by atomic mass is 10.1. The molecule has 0 spiro atoms. The predicted octanol–water partition coefficient (Wildman–Crippen LogP) is 1.96. The third-order valence-electron chi connectivity index (χ3n) is 3.58. The summed E-state index contributed by atoms with van der Waals surface area (Å²) in [6.07, 6.45) is 2.05. The zero-order chi connectivity index (χ0) is 18.8. The number of amides is 2. The van der Waals surface area contributed by atoms with Gasteiger partial charge in [-0.25, -0.2) is 0 Å². The van der Waals surface area contributed by atoms with Crippen LogP contribution in [0.4, 0.5) is 0 Å². The highest BCUT2D eigenvalue weighted by Crippen LogP contribution is 2.12. The van der Waals surface area contributed by atoms with Crippen LogP contribution >= 0.6 is 0 Å². The number of rotatable bonds is 8. The van der Waals surface area contributed by atoms with Crippen LogP contribution in [0, 0.1) is 0 Å². The van der Waals surface area contributed by atoms with E-state index < -0.39 is 11.8 Å². The molecule has 0 aliphatic heterocycles. The molecule has 0 fully saturated rings. The largest absolute Gasteiger partial charge is 0.497 e. The van der Waals surface area contributed by atoms with Gasteiger partial charge >= 0.3 is 0 Å². The molecule has 0 radical (unpaired) electrons. The summed E-state index contributed by atoms with van der Waals surface area (Å²) in [6.45, 7) is 0.302. The third-order valence-corrected chi connectivity index (χ3v) is 3.58. The second-order valence-corrected chi connectivity index (χ2v) is 5.48. The van der Waals surface area contributed by atoms with E-state index in [0.717, 1.165) is 5.56 Å². The number of aliphatic hydroxyl groups excluding tert-OH is 1. The highest BCUT2D eigenvalue weighted by Gasteiger charge is 2.14. The number of benzene rings is 2. The number of hydrogen-bond acceptors (Lipinski definition) is 4. The fraction of sp³-hybridized carbons (Fsp3) is 0.200. The molecular formula is C20H22N2O4. The van der Waals surface area contributed by atoms with Crippen molar-refractivity contribution in [2.45, 2.75) is 6.42 Å². The minimum Gasteiger partial charge on any atom is -0.497 e. The van der Waals surface area contributed by atoms with Gasteiger partial charge < -0.3 is 20.5 Å². The van der Waals surface area contributed by atoms with Gasteiger partial charge in [0, 0.05) is 18.7 Å². The second-order valence-electron chi connectivity index (χ2n) is 5.48. The summed E-state index contributed by atoms with van der Waals surface area (Å²) in [4.78, 5) is 24.9. The molecule has 136 valence electrons. The van der Waals surface area contributed by atoms with Crippen LogP contribution in [0.25, 0.3) is 6.08 Å². The first-order chi connectivity index (χ1) is 12.6. The molecule has 0 saturated carbocycles. The van der Waals surface area contributed by atoms with Gasteiger partial charge in [-0.1, -0.05) is 30.3 Å². The maximum absolute atomic E-state index is 12.5. The summed E-state index contributed by atoms with van der Waals surface area (Å²) in [7, 11) is 1.55. The van der Waals surface area contributed by atoms with Crippen LogP contribution in [-0.2, 0) is 4.79 Å². The molecule has 3 N–H and O–H groups in total. The Kier molecular flexibility index (Phi) is 7.39. The molecule has 2 aromatic carbocycles. The van der Waals surface area contributed by atoms with Crippen LogP contribution in [0.2, 0.25) is 0 Å². The Balaban J connectivity index is 2.18. The molecule has 2 amide bonds. The van der Waals surface area contributed by atoms with Gasteiger partial charge in [-0.05, 0) is 42.3 Å². The lowest BCUT2D eigenvalue weighted by Crippen LogP contribution is -2.35. The van der Waals surface area contributed by atoms with Crippen LogP contribution < -0.4 is 15.4 Å². The Hall–Kier alpha value is -3.12. The van der Waals surface area contributed by atoms with Crippen molar-refractivity contribution in [3.05, 3.63) is 71.4 Å². The summed E-state index contributed by atoms with van der Waals surface area (Å²) in [5.41, 5.74) is 1.33. The minimum atomic E-state index is -0.413. The molecule has 0 aromatic heterocycles. The van der Waals surface area contributed by atoms with E-state index >= 15 is 0 Å². The molecule has 2 rings (SSSR count). The molecule has 6 nitrogen and oxygen atoms in total. The van der Waals surface area contributed by atoms with Gasteiger partial charge in [0.1, 0.15) is 11.4 Å². The van der Waals surface area contributed by atoms with Crippen molar-refractivity contribution in [1.82, 2.24) is 10.6 Å². The number of aliphatic hydroxyl groups is 1. The predicted molar refractivity (Wildman–Crippen MR) is 99.6 cm³/mol. The van der Waals surface area contributed by atoms with Crippen molar-refractivity contribution in [3.63, 3.8) is 0 Å². The van der Waals surface area contributed by atoms with E-state index in [1.54, 1.807) is 37.5 Å². The Labute approximate surface area is 152 Å². The van der Waals surface area contributed by atoms with Gasteiger partial charge in [0.15, 0.2) is 0 Å². The Morgan fingerprint density at radius 2 is 1.77 bits per heavy atom. The van der Waals surface area contributed by atoms with Crippen molar-refractivity contribution in [1.29, 1.82) is 0 Å². The Morgan fingerprint density at radius 1 is 1.08 bits per heavy atom. The van der Waals surface area contributed by atoms with Crippen molar-refractivity contribution in [3.8, 4) is 5.75 Å². The number of ether oxygens (including phenoxy) is 1. The first-order valence-electron chi connectivity index (χ1n) is 8.25. The highest BCUT2D eigenvalue weighted by atomic mass is 16.5. The maximum atomic E-state index is 12.5. The topological polar surface area (TPSA) is 87.7 Å². The van der Waals surface area contributed by atoms with E-state index in [4.69, 9.17) is 9.84 Å². The molecule has 0 bridgehead atoms. The quantitative estimate of drug-likeness (QED) is 0.500. The zero-order valence-electron chi connectivity index (χ0n) is 14.6. The number of carbonyl (C=O) groups excluding carboxylic acids is 2. The summed E-state index contributed by atoms with van der Waals surface area (Å²) in [5.74, 6) is -0.167. The van der Waals surface area contributed by atoms with Gasteiger partial charge in [-0.15, -0.1) is 0 Å². The second kappa shape index (κ2) is 10.0. The molecule has 26 heavy (non-hydrogen) atoms. The summed E-state index contributed by atoms with van der Waals surface area (Å²) in [5, 5.41) is 14.2.